The molecule has 0 unspecified atom stereocenters. The van der Waals surface area contributed by atoms with E-state index in [1.165, 1.54) is 6.08 Å². The number of nitrogens with one attached hydrogen (secondary N) is 3. The summed E-state index contributed by atoms with van der Waals surface area (Å²) in [6, 6.07) is 15.7. The molecule has 2 aromatic rings. The first-order valence-corrected chi connectivity index (χ1v) is 8.58. The van der Waals surface area contributed by atoms with Crippen LogP contribution >= 0.6 is 12.2 Å². The van der Waals surface area contributed by atoms with Crippen LogP contribution in [-0.4, -0.2) is 24.0 Å². The van der Waals surface area contributed by atoms with Crippen molar-refractivity contribution < 1.29 is 14.3 Å². The lowest BCUT2D eigenvalue weighted by Gasteiger charge is -2.10. The number of hydrogen-bond donors (Lipinski definition) is 3. The van der Waals surface area contributed by atoms with Gasteiger partial charge in [0.2, 0.25) is 0 Å². The number of carbonyl (C=O) groups is 2. The molecular weight excluding hydrogens is 376 g/mol. The largest absolute Gasteiger partial charge is 0.497 e. The average molecular weight is 394 g/mol. The smallest absolute Gasteiger partial charge is 0.280 e. The minimum atomic E-state index is -0.689. The predicted molar refractivity (Wildman–Crippen MR) is 109 cm³/mol. The third-order valence-electron chi connectivity index (χ3n) is 3.59. The van der Waals surface area contributed by atoms with Gasteiger partial charge in [-0.15, -0.1) is 0 Å². The van der Waals surface area contributed by atoms with Crippen LogP contribution in [0.1, 0.15) is 21.5 Å². The quantitative estimate of drug-likeness (QED) is 0.318. The molecule has 0 aliphatic rings. The molecule has 0 atom stereocenters. The lowest BCUT2D eigenvalue weighted by molar-refractivity contribution is -0.117. The number of thiocarbonyl (C=S) groups is 1. The summed E-state index contributed by atoms with van der Waals surface area (Å²) < 4.78 is 5.06. The van der Waals surface area contributed by atoms with E-state index >= 15 is 0 Å². The van der Waals surface area contributed by atoms with Gasteiger partial charge < -0.3 is 4.74 Å². The molecule has 0 aliphatic carbocycles. The van der Waals surface area contributed by atoms with Crippen molar-refractivity contribution in [2.75, 3.05) is 7.11 Å². The van der Waals surface area contributed by atoms with Crippen molar-refractivity contribution in [3.8, 4) is 11.8 Å². The number of hydrazine groups is 1. The van der Waals surface area contributed by atoms with Crippen molar-refractivity contribution in [1.82, 2.24) is 16.2 Å². The molecule has 0 aliphatic heterocycles. The highest BCUT2D eigenvalue weighted by molar-refractivity contribution is 7.80. The summed E-state index contributed by atoms with van der Waals surface area (Å²) in [5.41, 5.74) is 6.58. The maximum Gasteiger partial charge on any atom is 0.280 e. The zero-order valence-electron chi connectivity index (χ0n) is 15.3. The lowest BCUT2D eigenvalue weighted by atomic mass is 10.1. The van der Waals surface area contributed by atoms with Gasteiger partial charge in [-0.05, 0) is 55.0 Å². The molecule has 3 N–H and O–H groups in total. The lowest BCUT2D eigenvalue weighted by Crippen LogP contribution is -2.48. The summed E-state index contributed by atoms with van der Waals surface area (Å²) in [6.45, 7) is 1.87. The average Bonchev–Trinajstić information content (AvgIpc) is 2.70. The third-order valence-corrected chi connectivity index (χ3v) is 3.79. The Morgan fingerprint density at radius 1 is 1.14 bits per heavy atom. The van der Waals surface area contributed by atoms with Gasteiger partial charge in [-0.3, -0.25) is 25.8 Å². The minimum absolute atomic E-state index is 0.0957. The summed E-state index contributed by atoms with van der Waals surface area (Å²) in [7, 11) is 1.55. The van der Waals surface area contributed by atoms with E-state index in [1.807, 2.05) is 19.1 Å². The van der Waals surface area contributed by atoms with Gasteiger partial charge in [0.05, 0.1) is 7.11 Å². The fraction of sp³-hybridized carbons (Fsp3) is 0.100. The van der Waals surface area contributed by atoms with Crippen LogP contribution in [0.5, 0.6) is 5.75 Å². The molecule has 0 aromatic heterocycles. The van der Waals surface area contributed by atoms with Gasteiger partial charge in [-0.25, -0.2) is 0 Å². The molecule has 0 saturated heterocycles. The molecule has 2 aromatic carbocycles. The maximum atomic E-state index is 12.1. The Bertz CT molecular complexity index is 962. The molecule has 28 heavy (non-hydrogen) atoms. The van der Waals surface area contributed by atoms with E-state index in [2.05, 4.69) is 16.2 Å². The molecule has 0 fully saturated rings. The molecule has 142 valence electrons. The van der Waals surface area contributed by atoms with Gasteiger partial charge >= 0.3 is 0 Å². The summed E-state index contributed by atoms with van der Waals surface area (Å²) in [5, 5.41) is 11.6. The van der Waals surface area contributed by atoms with Crippen LogP contribution in [0.15, 0.2) is 54.1 Å². The second kappa shape index (κ2) is 9.85. The first-order chi connectivity index (χ1) is 13.4. The van der Waals surface area contributed by atoms with E-state index in [-0.39, 0.29) is 10.7 Å². The third kappa shape index (κ3) is 5.93. The molecule has 7 nitrogen and oxygen atoms in total. The summed E-state index contributed by atoms with van der Waals surface area (Å²) in [5.74, 6) is -0.438. The molecular formula is C20H18N4O3S. The number of aryl methyl sites for hydroxylation is 1. The molecule has 0 spiro atoms. The first kappa shape index (κ1) is 20.6. The number of nitriles is 1. The topological polar surface area (TPSA) is 103 Å². The van der Waals surface area contributed by atoms with Gasteiger partial charge in [0.1, 0.15) is 17.4 Å². The van der Waals surface area contributed by atoms with E-state index in [0.29, 0.717) is 16.9 Å². The maximum absolute atomic E-state index is 12.1. The second-order valence-corrected chi connectivity index (χ2v) is 6.08. The Kier molecular flexibility index (Phi) is 7.25. The standard InChI is InChI=1S/C20H18N4O3S/c1-13-4-3-5-15(10-13)18(25)22-20(28)24-23-19(26)16(12-21)11-14-6-8-17(27-2)9-7-14/h3-11H,1-2H3,(H,23,26)(H2,22,24,25,28). The van der Waals surface area contributed by atoms with E-state index in [1.54, 1.807) is 49.6 Å². The van der Waals surface area contributed by atoms with Crippen LogP contribution < -0.4 is 20.9 Å². The summed E-state index contributed by atoms with van der Waals surface area (Å²) >= 11 is 4.99. The highest BCUT2D eigenvalue weighted by Crippen LogP contribution is 2.13. The number of rotatable bonds is 4. The number of hydrogen-bond acceptors (Lipinski definition) is 5. The zero-order chi connectivity index (χ0) is 20.5. The molecule has 8 heteroatoms. The Morgan fingerprint density at radius 2 is 1.86 bits per heavy atom. The number of carbonyl (C=O) groups excluding carboxylic acids is 2. The fourth-order valence-electron chi connectivity index (χ4n) is 2.19. The van der Waals surface area contributed by atoms with Crippen LogP contribution in [0.3, 0.4) is 0 Å². The number of ether oxygens (including phenoxy) is 1. The Morgan fingerprint density at radius 3 is 2.46 bits per heavy atom. The van der Waals surface area contributed by atoms with E-state index in [0.717, 1.165) is 5.56 Å². The van der Waals surface area contributed by atoms with E-state index < -0.39 is 11.8 Å². The van der Waals surface area contributed by atoms with Crippen molar-refractivity contribution in [2.45, 2.75) is 6.92 Å². The van der Waals surface area contributed by atoms with Crippen LogP contribution in [0.4, 0.5) is 0 Å². The van der Waals surface area contributed by atoms with Gasteiger partial charge in [0.25, 0.3) is 11.8 Å². The molecule has 0 radical (unpaired) electrons. The first-order valence-electron chi connectivity index (χ1n) is 8.17. The predicted octanol–water partition coefficient (Wildman–Crippen LogP) is 2.25. The Labute approximate surface area is 168 Å². The molecule has 2 amide bonds. The monoisotopic (exact) mass is 394 g/mol. The Hall–Kier alpha value is -3.70. The van der Waals surface area contributed by atoms with Crippen molar-refractivity contribution in [3.63, 3.8) is 0 Å². The van der Waals surface area contributed by atoms with Crippen molar-refractivity contribution in [2.24, 2.45) is 0 Å². The second-order valence-electron chi connectivity index (χ2n) is 5.67. The van der Waals surface area contributed by atoms with Gasteiger partial charge in [-0.1, -0.05) is 29.8 Å². The van der Waals surface area contributed by atoms with Crippen LogP contribution in [-0.2, 0) is 4.79 Å². The number of amides is 2. The Balaban J connectivity index is 1.93. The molecule has 0 heterocycles. The SMILES string of the molecule is COc1ccc(C=C(C#N)C(=O)NNC(=S)NC(=O)c2cccc(C)c2)cc1. The van der Waals surface area contributed by atoms with Gasteiger partial charge in [-0.2, -0.15) is 5.26 Å². The fourth-order valence-corrected chi connectivity index (χ4v) is 2.33. The normalized spacial score (nSPS) is 10.4. The zero-order valence-corrected chi connectivity index (χ0v) is 16.1. The number of benzene rings is 2. The van der Waals surface area contributed by atoms with E-state index in [9.17, 15) is 14.9 Å². The highest BCUT2D eigenvalue weighted by Gasteiger charge is 2.11. The van der Waals surface area contributed by atoms with Gasteiger partial charge in [0, 0.05) is 5.56 Å². The highest BCUT2D eigenvalue weighted by atomic mass is 32.1. The molecule has 0 saturated carbocycles. The van der Waals surface area contributed by atoms with Crippen molar-refractivity contribution in [1.29, 1.82) is 5.26 Å². The summed E-state index contributed by atoms with van der Waals surface area (Å²) in [6.07, 6.45) is 1.42. The minimum Gasteiger partial charge on any atom is -0.497 e. The van der Waals surface area contributed by atoms with Crippen LogP contribution in [0.2, 0.25) is 0 Å². The summed E-state index contributed by atoms with van der Waals surface area (Å²) in [4.78, 5) is 24.3. The van der Waals surface area contributed by atoms with Gasteiger partial charge in [0.15, 0.2) is 5.11 Å². The number of nitrogens with zero attached hydrogens (tertiary/aromatic N) is 1. The van der Waals surface area contributed by atoms with Crippen molar-refractivity contribution in [3.05, 3.63) is 70.8 Å². The van der Waals surface area contributed by atoms with Crippen LogP contribution in [0, 0.1) is 18.3 Å². The molecule has 0 bridgehead atoms. The van der Waals surface area contributed by atoms with Crippen LogP contribution in [0.25, 0.3) is 6.08 Å². The van der Waals surface area contributed by atoms with Crippen molar-refractivity contribution >= 4 is 35.2 Å². The van der Waals surface area contributed by atoms with E-state index in [4.69, 9.17) is 17.0 Å². The molecule has 2 rings (SSSR count). The number of methoxy groups -OCH3 is 1.